The molecule has 2 heterocycles. The van der Waals surface area contributed by atoms with Gasteiger partial charge in [0, 0.05) is 6.20 Å². The van der Waals surface area contributed by atoms with Crippen LogP contribution in [-0.4, -0.2) is 24.7 Å². The van der Waals surface area contributed by atoms with Gasteiger partial charge in [0.05, 0.1) is 18.4 Å². The molecule has 0 aliphatic carbocycles. The van der Waals surface area contributed by atoms with Gasteiger partial charge in [-0.2, -0.15) is 5.10 Å². The minimum Gasteiger partial charge on any atom is -0.258 e. The molecule has 106 valence electrons. The standard InChI is InChI=1S/C16H17N5/c1-11-4-6-14(7-5-11)10-21-16(19-13(3)20-21)15-9-17-12(2)8-18-15/h4-9H,10H2,1-3H3. The molecule has 0 spiro atoms. The van der Waals surface area contributed by atoms with Crippen LogP contribution in [0.15, 0.2) is 36.7 Å². The number of aryl methyl sites for hydroxylation is 3. The Balaban J connectivity index is 1.95. The van der Waals surface area contributed by atoms with Crippen LogP contribution in [0.4, 0.5) is 0 Å². The van der Waals surface area contributed by atoms with Crippen LogP contribution in [0, 0.1) is 20.8 Å². The number of hydrogen-bond donors (Lipinski definition) is 0. The SMILES string of the molecule is Cc1ccc(Cn2nc(C)nc2-c2cnc(C)cn2)cc1. The summed E-state index contributed by atoms with van der Waals surface area (Å²) >= 11 is 0. The lowest BCUT2D eigenvalue weighted by molar-refractivity contribution is 0.684. The highest BCUT2D eigenvalue weighted by Gasteiger charge is 2.12. The Labute approximate surface area is 123 Å². The van der Waals surface area contributed by atoms with Crippen LogP contribution in [0.1, 0.15) is 22.6 Å². The molecule has 0 radical (unpaired) electrons. The Morgan fingerprint density at radius 1 is 0.952 bits per heavy atom. The summed E-state index contributed by atoms with van der Waals surface area (Å²) in [4.78, 5) is 13.1. The van der Waals surface area contributed by atoms with Gasteiger partial charge in [-0.1, -0.05) is 29.8 Å². The Bertz CT molecular complexity index is 741. The van der Waals surface area contributed by atoms with Crippen molar-refractivity contribution in [2.75, 3.05) is 0 Å². The topological polar surface area (TPSA) is 56.5 Å². The maximum Gasteiger partial charge on any atom is 0.178 e. The van der Waals surface area contributed by atoms with Crippen LogP contribution in [-0.2, 0) is 6.54 Å². The summed E-state index contributed by atoms with van der Waals surface area (Å²) in [6.07, 6.45) is 3.49. The largest absolute Gasteiger partial charge is 0.258 e. The molecule has 0 atom stereocenters. The second-order valence-corrected chi connectivity index (χ2v) is 5.17. The minimum absolute atomic E-state index is 0.673. The smallest absolute Gasteiger partial charge is 0.178 e. The molecule has 0 aliphatic heterocycles. The van der Waals surface area contributed by atoms with E-state index in [9.17, 15) is 0 Å². The van der Waals surface area contributed by atoms with E-state index >= 15 is 0 Å². The van der Waals surface area contributed by atoms with Gasteiger partial charge >= 0.3 is 0 Å². The first kappa shape index (κ1) is 13.4. The van der Waals surface area contributed by atoms with Crippen LogP contribution in [0.3, 0.4) is 0 Å². The summed E-state index contributed by atoms with van der Waals surface area (Å²) in [5.41, 5.74) is 4.07. The fourth-order valence-corrected chi connectivity index (χ4v) is 2.13. The van der Waals surface area contributed by atoms with E-state index in [1.807, 2.05) is 18.5 Å². The first-order chi connectivity index (χ1) is 10.1. The van der Waals surface area contributed by atoms with Crippen molar-refractivity contribution in [1.82, 2.24) is 24.7 Å². The van der Waals surface area contributed by atoms with Crippen molar-refractivity contribution in [2.24, 2.45) is 0 Å². The highest BCUT2D eigenvalue weighted by molar-refractivity contribution is 5.47. The van der Waals surface area contributed by atoms with Crippen LogP contribution in [0.25, 0.3) is 11.5 Å². The summed E-state index contributed by atoms with van der Waals surface area (Å²) in [6.45, 7) is 6.55. The predicted octanol–water partition coefficient (Wildman–Crippen LogP) is 2.71. The van der Waals surface area contributed by atoms with Crippen LogP contribution in [0.5, 0.6) is 0 Å². The van der Waals surface area contributed by atoms with Crippen molar-refractivity contribution in [3.8, 4) is 11.5 Å². The molecule has 0 amide bonds. The lowest BCUT2D eigenvalue weighted by atomic mass is 10.1. The molecule has 5 nitrogen and oxygen atoms in total. The van der Waals surface area contributed by atoms with E-state index in [1.165, 1.54) is 11.1 Å². The molecule has 0 saturated heterocycles. The quantitative estimate of drug-likeness (QED) is 0.739. The van der Waals surface area contributed by atoms with Gasteiger partial charge in [-0.25, -0.2) is 14.6 Å². The van der Waals surface area contributed by atoms with Gasteiger partial charge in [-0.3, -0.25) is 4.98 Å². The maximum absolute atomic E-state index is 4.47. The van der Waals surface area contributed by atoms with Crippen molar-refractivity contribution < 1.29 is 0 Å². The number of aromatic nitrogens is 5. The number of hydrogen-bond acceptors (Lipinski definition) is 4. The molecular formula is C16H17N5. The van der Waals surface area contributed by atoms with Crippen molar-refractivity contribution in [2.45, 2.75) is 27.3 Å². The monoisotopic (exact) mass is 279 g/mol. The second kappa shape index (κ2) is 5.44. The zero-order valence-corrected chi connectivity index (χ0v) is 12.4. The van der Waals surface area contributed by atoms with Crippen LogP contribution >= 0.6 is 0 Å². The first-order valence-corrected chi connectivity index (χ1v) is 6.88. The Morgan fingerprint density at radius 2 is 1.71 bits per heavy atom. The van der Waals surface area contributed by atoms with E-state index < -0.39 is 0 Å². The zero-order valence-electron chi connectivity index (χ0n) is 12.4. The fourth-order valence-electron chi connectivity index (χ4n) is 2.13. The summed E-state index contributed by atoms with van der Waals surface area (Å²) in [7, 11) is 0. The molecule has 0 unspecified atom stereocenters. The van der Waals surface area contributed by atoms with Crippen LogP contribution < -0.4 is 0 Å². The van der Waals surface area contributed by atoms with Gasteiger partial charge in [0.25, 0.3) is 0 Å². The van der Waals surface area contributed by atoms with Gasteiger partial charge in [0.15, 0.2) is 5.82 Å². The van der Waals surface area contributed by atoms with E-state index in [0.717, 1.165) is 23.0 Å². The summed E-state index contributed by atoms with van der Waals surface area (Å²) in [5, 5.41) is 4.46. The molecule has 0 fully saturated rings. The van der Waals surface area contributed by atoms with E-state index in [-0.39, 0.29) is 0 Å². The van der Waals surface area contributed by atoms with E-state index in [0.29, 0.717) is 6.54 Å². The van der Waals surface area contributed by atoms with Gasteiger partial charge in [-0.15, -0.1) is 0 Å². The van der Waals surface area contributed by atoms with Gasteiger partial charge < -0.3 is 0 Å². The zero-order chi connectivity index (χ0) is 14.8. The molecule has 3 aromatic rings. The summed E-state index contributed by atoms with van der Waals surface area (Å²) < 4.78 is 1.87. The van der Waals surface area contributed by atoms with Gasteiger partial charge in [0.1, 0.15) is 11.5 Å². The molecule has 5 heteroatoms. The molecule has 1 aromatic carbocycles. The van der Waals surface area contributed by atoms with E-state index in [1.54, 1.807) is 12.4 Å². The second-order valence-electron chi connectivity index (χ2n) is 5.17. The fraction of sp³-hybridized carbons (Fsp3) is 0.250. The third kappa shape index (κ3) is 2.97. The van der Waals surface area contributed by atoms with Crippen molar-refractivity contribution in [1.29, 1.82) is 0 Å². The predicted molar refractivity (Wildman–Crippen MR) is 80.8 cm³/mol. The molecule has 0 N–H and O–H groups in total. The maximum atomic E-state index is 4.47. The highest BCUT2D eigenvalue weighted by Crippen LogP contribution is 2.15. The van der Waals surface area contributed by atoms with Gasteiger partial charge in [-0.05, 0) is 26.3 Å². The summed E-state index contributed by atoms with van der Waals surface area (Å²) in [5.74, 6) is 1.49. The normalized spacial score (nSPS) is 10.8. The van der Waals surface area contributed by atoms with E-state index in [2.05, 4.69) is 51.2 Å². The summed E-state index contributed by atoms with van der Waals surface area (Å²) in [6, 6.07) is 8.42. The average Bonchev–Trinajstić information content (AvgIpc) is 2.83. The van der Waals surface area contributed by atoms with Crippen LogP contribution in [0.2, 0.25) is 0 Å². The third-order valence-electron chi connectivity index (χ3n) is 3.24. The molecule has 21 heavy (non-hydrogen) atoms. The molecular weight excluding hydrogens is 262 g/mol. The van der Waals surface area contributed by atoms with Crippen molar-refractivity contribution in [3.63, 3.8) is 0 Å². The Morgan fingerprint density at radius 3 is 2.38 bits per heavy atom. The molecule has 0 aliphatic rings. The number of nitrogens with zero attached hydrogens (tertiary/aromatic N) is 5. The molecule has 3 rings (SSSR count). The third-order valence-corrected chi connectivity index (χ3v) is 3.24. The number of rotatable bonds is 3. The Kier molecular flexibility index (Phi) is 3.48. The lowest BCUT2D eigenvalue weighted by Gasteiger charge is -2.06. The molecule has 2 aromatic heterocycles. The van der Waals surface area contributed by atoms with Gasteiger partial charge in [0.2, 0.25) is 0 Å². The molecule has 0 saturated carbocycles. The number of benzene rings is 1. The van der Waals surface area contributed by atoms with E-state index in [4.69, 9.17) is 0 Å². The minimum atomic E-state index is 0.673. The highest BCUT2D eigenvalue weighted by atomic mass is 15.3. The molecule has 0 bridgehead atoms. The first-order valence-electron chi connectivity index (χ1n) is 6.88. The Hall–Kier alpha value is -2.56. The lowest BCUT2D eigenvalue weighted by Crippen LogP contribution is -2.05. The van der Waals surface area contributed by atoms with Crippen molar-refractivity contribution >= 4 is 0 Å². The average molecular weight is 279 g/mol. The van der Waals surface area contributed by atoms with Crippen molar-refractivity contribution in [3.05, 3.63) is 59.3 Å².